The van der Waals surface area contributed by atoms with Gasteiger partial charge in [-0.2, -0.15) is 0 Å². The molecule has 1 atom stereocenters. The molecule has 1 amide bonds. The van der Waals surface area contributed by atoms with Crippen LogP contribution in [0.1, 0.15) is 6.92 Å². The van der Waals surface area contributed by atoms with Gasteiger partial charge in [-0.15, -0.1) is 10.2 Å². The maximum atomic E-state index is 12.4. The summed E-state index contributed by atoms with van der Waals surface area (Å²) < 4.78 is 11.8. The molecule has 2 aromatic heterocycles. The largest absolute Gasteiger partial charge is 0.495 e. The van der Waals surface area contributed by atoms with Crippen molar-refractivity contribution in [3.8, 4) is 17.3 Å². The number of nitrogens with two attached hydrogens (primary N) is 1. The van der Waals surface area contributed by atoms with Gasteiger partial charge >= 0.3 is 0 Å². The highest BCUT2D eigenvalue weighted by molar-refractivity contribution is 8.00. The number of ether oxygens (including phenoxy) is 1. The Kier molecular flexibility index (Phi) is 4.94. The molecule has 0 aliphatic heterocycles. The topological polar surface area (TPSA) is 108 Å². The van der Waals surface area contributed by atoms with Gasteiger partial charge < -0.3 is 20.3 Å². The number of nitrogen functional groups attached to an aromatic ring is 1. The molecule has 0 spiro atoms. The lowest BCUT2D eigenvalue weighted by Crippen LogP contribution is -2.24. The molecule has 130 valence electrons. The Hall–Kier alpha value is -2.94. The minimum Gasteiger partial charge on any atom is -0.495 e. The van der Waals surface area contributed by atoms with Crippen molar-refractivity contribution in [2.24, 2.45) is 0 Å². The van der Waals surface area contributed by atoms with Crippen molar-refractivity contribution in [2.75, 3.05) is 18.3 Å². The maximum absolute atomic E-state index is 12.4. The van der Waals surface area contributed by atoms with Crippen molar-refractivity contribution in [3.05, 3.63) is 42.7 Å². The van der Waals surface area contributed by atoms with Gasteiger partial charge in [0.25, 0.3) is 0 Å². The summed E-state index contributed by atoms with van der Waals surface area (Å²) in [4.78, 5) is 12.4. The minimum absolute atomic E-state index is 0.197. The van der Waals surface area contributed by atoms with E-state index in [0.29, 0.717) is 28.2 Å². The van der Waals surface area contributed by atoms with E-state index in [-0.39, 0.29) is 5.91 Å². The number of carbonyl (C=O) groups is 1. The SMILES string of the molecule is COc1ccccc1NC(=O)C(C)Sc1nnc(-c2ccco2)n1N. The van der Waals surface area contributed by atoms with Crippen LogP contribution in [0.2, 0.25) is 0 Å². The van der Waals surface area contributed by atoms with Crippen LogP contribution in [0.4, 0.5) is 5.69 Å². The molecule has 9 heteroatoms. The Morgan fingerprint density at radius 1 is 1.32 bits per heavy atom. The normalized spacial score (nSPS) is 11.9. The fraction of sp³-hybridized carbons (Fsp3) is 0.188. The molecule has 0 fully saturated rings. The predicted molar refractivity (Wildman–Crippen MR) is 94.8 cm³/mol. The zero-order valence-electron chi connectivity index (χ0n) is 13.7. The van der Waals surface area contributed by atoms with Gasteiger partial charge in [0.1, 0.15) is 5.75 Å². The maximum Gasteiger partial charge on any atom is 0.237 e. The molecule has 3 rings (SSSR count). The molecule has 0 saturated heterocycles. The van der Waals surface area contributed by atoms with Gasteiger partial charge in [-0.05, 0) is 31.2 Å². The Labute approximate surface area is 148 Å². The predicted octanol–water partition coefficient (Wildman–Crippen LogP) is 2.38. The lowest BCUT2D eigenvalue weighted by molar-refractivity contribution is -0.115. The molecule has 0 radical (unpaired) electrons. The standard InChI is InChI=1S/C16H17N5O3S/c1-10(15(22)18-11-6-3-4-7-12(11)23-2)25-16-20-19-14(21(16)17)13-8-5-9-24-13/h3-10H,17H2,1-2H3,(H,18,22). The van der Waals surface area contributed by atoms with E-state index in [1.54, 1.807) is 38.3 Å². The monoisotopic (exact) mass is 359 g/mol. The smallest absolute Gasteiger partial charge is 0.237 e. The van der Waals surface area contributed by atoms with E-state index in [1.165, 1.54) is 22.7 Å². The number of methoxy groups -OCH3 is 1. The zero-order chi connectivity index (χ0) is 17.8. The van der Waals surface area contributed by atoms with Crippen LogP contribution in [0.15, 0.2) is 52.2 Å². The van der Waals surface area contributed by atoms with Gasteiger partial charge in [0.05, 0.1) is 24.3 Å². The number of amides is 1. The molecular formula is C16H17N5O3S. The van der Waals surface area contributed by atoms with Gasteiger partial charge in [-0.25, -0.2) is 4.68 Å². The number of thioether (sulfide) groups is 1. The van der Waals surface area contributed by atoms with E-state index in [4.69, 9.17) is 15.0 Å². The summed E-state index contributed by atoms with van der Waals surface area (Å²) in [6.07, 6.45) is 1.53. The summed E-state index contributed by atoms with van der Waals surface area (Å²) in [6, 6.07) is 10.7. The number of nitrogens with zero attached hydrogens (tertiary/aromatic N) is 3. The van der Waals surface area contributed by atoms with E-state index < -0.39 is 5.25 Å². The van der Waals surface area contributed by atoms with Crippen molar-refractivity contribution < 1.29 is 13.9 Å². The van der Waals surface area contributed by atoms with Crippen molar-refractivity contribution in [2.45, 2.75) is 17.3 Å². The summed E-state index contributed by atoms with van der Waals surface area (Å²) in [5, 5.41) is 10.8. The lowest BCUT2D eigenvalue weighted by Gasteiger charge is -2.13. The van der Waals surface area contributed by atoms with Crippen LogP contribution in [0.25, 0.3) is 11.6 Å². The number of benzene rings is 1. The summed E-state index contributed by atoms with van der Waals surface area (Å²) >= 11 is 1.20. The molecular weight excluding hydrogens is 342 g/mol. The van der Waals surface area contributed by atoms with E-state index in [0.717, 1.165) is 0 Å². The first-order valence-corrected chi connectivity index (χ1v) is 8.33. The quantitative estimate of drug-likeness (QED) is 0.514. The highest BCUT2D eigenvalue weighted by Gasteiger charge is 2.21. The Morgan fingerprint density at radius 3 is 2.84 bits per heavy atom. The third kappa shape index (κ3) is 3.61. The van der Waals surface area contributed by atoms with E-state index in [9.17, 15) is 4.79 Å². The summed E-state index contributed by atoms with van der Waals surface area (Å²) in [7, 11) is 1.55. The van der Waals surface area contributed by atoms with Gasteiger partial charge in [0.2, 0.25) is 16.9 Å². The van der Waals surface area contributed by atoms with Crippen LogP contribution >= 0.6 is 11.8 Å². The number of rotatable bonds is 6. The van der Waals surface area contributed by atoms with Crippen LogP contribution in [0, 0.1) is 0 Å². The summed E-state index contributed by atoms with van der Waals surface area (Å²) in [5.74, 6) is 7.30. The van der Waals surface area contributed by atoms with E-state index in [1.807, 2.05) is 12.1 Å². The second-order valence-corrected chi connectivity index (χ2v) is 6.41. The molecule has 0 aliphatic carbocycles. The van der Waals surface area contributed by atoms with Crippen molar-refractivity contribution in [3.63, 3.8) is 0 Å². The highest BCUT2D eigenvalue weighted by Crippen LogP contribution is 2.27. The van der Waals surface area contributed by atoms with Crippen molar-refractivity contribution in [1.29, 1.82) is 0 Å². The van der Waals surface area contributed by atoms with Crippen LogP contribution in [-0.2, 0) is 4.79 Å². The van der Waals surface area contributed by atoms with Crippen LogP contribution < -0.4 is 15.9 Å². The van der Waals surface area contributed by atoms with Crippen molar-refractivity contribution >= 4 is 23.4 Å². The Bertz CT molecular complexity index is 863. The summed E-state index contributed by atoms with van der Waals surface area (Å²) in [5.41, 5.74) is 0.605. The van der Waals surface area contributed by atoms with Gasteiger partial charge in [-0.3, -0.25) is 4.79 Å². The van der Waals surface area contributed by atoms with Crippen LogP contribution in [0.3, 0.4) is 0 Å². The second-order valence-electron chi connectivity index (χ2n) is 5.10. The number of carbonyl (C=O) groups excluding carboxylic acids is 1. The number of hydrogen-bond donors (Lipinski definition) is 2. The van der Waals surface area contributed by atoms with Gasteiger partial charge in [0, 0.05) is 0 Å². The molecule has 3 N–H and O–H groups in total. The van der Waals surface area contributed by atoms with Gasteiger partial charge in [-0.1, -0.05) is 23.9 Å². The first kappa shape index (κ1) is 16.9. The Morgan fingerprint density at radius 2 is 2.12 bits per heavy atom. The number of nitrogens with one attached hydrogen (secondary N) is 1. The fourth-order valence-corrected chi connectivity index (χ4v) is 2.90. The zero-order valence-corrected chi connectivity index (χ0v) is 14.5. The molecule has 0 bridgehead atoms. The van der Waals surface area contributed by atoms with Crippen LogP contribution in [0.5, 0.6) is 5.75 Å². The first-order valence-electron chi connectivity index (χ1n) is 7.45. The molecule has 1 unspecified atom stereocenters. The third-order valence-electron chi connectivity index (χ3n) is 3.42. The average molecular weight is 359 g/mol. The lowest BCUT2D eigenvalue weighted by atomic mass is 10.3. The second kappa shape index (κ2) is 7.31. The molecule has 8 nitrogen and oxygen atoms in total. The highest BCUT2D eigenvalue weighted by atomic mass is 32.2. The van der Waals surface area contributed by atoms with Gasteiger partial charge in [0.15, 0.2) is 5.76 Å². The third-order valence-corrected chi connectivity index (χ3v) is 4.48. The minimum atomic E-state index is -0.444. The number of para-hydroxylation sites is 2. The molecule has 0 saturated carbocycles. The molecule has 1 aromatic carbocycles. The number of hydrogen-bond acceptors (Lipinski definition) is 7. The van der Waals surface area contributed by atoms with E-state index in [2.05, 4.69) is 15.5 Å². The molecule has 2 heterocycles. The first-order chi connectivity index (χ1) is 12.1. The van der Waals surface area contributed by atoms with E-state index >= 15 is 0 Å². The molecule has 0 aliphatic rings. The summed E-state index contributed by atoms with van der Waals surface area (Å²) in [6.45, 7) is 1.76. The molecule has 3 aromatic rings. The van der Waals surface area contributed by atoms with Crippen molar-refractivity contribution in [1.82, 2.24) is 14.9 Å². The fourth-order valence-electron chi connectivity index (χ4n) is 2.13. The Balaban J connectivity index is 1.70. The van der Waals surface area contributed by atoms with Crippen LogP contribution in [-0.4, -0.2) is 33.1 Å². The molecule has 25 heavy (non-hydrogen) atoms. The number of furan rings is 1. The average Bonchev–Trinajstić information content (AvgIpc) is 3.26. The number of anilines is 1. The number of aromatic nitrogens is 3.